The second kappa shape index (κ2) is 5.17. The number of fused-ring (bicyclic) bond motifs is 1. The number of carbonyl (C=O) groups is 1. The highest BCUT2D eigenvalue weighted by molar-refractivity contribution is 9.10. The van der Waals surface area contributed by atoms with Crippen LogP contribution >= 0.6 is 15.9 Å². The third kappa shape index (κ3) is 2.36. The van der Waals surface area contributed by atoms with Crippen molar-refractivity contribution in [1.29, 1.82) is 0 Å². The molecular weight excluding hydrogens is 318 g/mol. The van der Waals surface area contributed by atoms with Crippen molar-refractivity contribution in [2.24, 2.45) is 7.05 Å². The molecule has 0 saturated heterocycles. The van der Waals surface area contributed by atoms with Crippen molar-refractivity contribution in [2.45, 2.75) is 6.42 Å². The van der Waals surface area contributed by atoms with Crippen molar-refractivity contribution in [1.82, 2.24) is 14.8 Å². The zero-order chi connectivity index (χ0) is 14.1. The average Bonchev–Trinajstić information content (AvgIpc) is 2.77. The largest absolute Gasteiger partial charge is 0.292 e. The minimum Gasteiger partial charge on any atom is -0.292 e. The lowest BCUT2D eigenvalue weighted by molar-refractivity contribution is 0.0987. The zero-order valence-corrected chi connectivity index (χ0v) is 12.5. The van der Waals surface area contributed by atoms with E-state index < -0.39 is 0 Å². The van der Waals surface area contributed by atoms with Gasteiger partial charge in [0.25, 0.3) is 0 Å². The number of hydrogen-bond donors (Lipinski definition) is 0. The van der Waals surface area contributed by atoms with Crippen LogP contribution in [0.5, 0.6) is 0 Å². The summed E-state index contributed by atoms with van der Waals surface area (Å²) in [4.78, 5) is 16.4. The Labute approximate surface area is 124 Å². The van der Waals surface area contributed by atoms with Crippen molar-refractivity contribution in [3.63, 3.8) is 0 Å². The minimum absolute atomic E-state index is 0.0265. The van der Waals surface area contributed by atoms with Crippen LogP contribution in [0.1, 0.15) is 16.2 Å². The fourth-order valence-electron chi connectivity index (χ4n) is 2.20. The highest BCUT2D eigenvalue weighted by Gasteiger charge is 2.14. The monoisotopic (exact) mass is 329 g/mol. The van der Waals surface area contributed by atoms with Gasteiger partial charge in [-0.05, 0) is 34.1 Å². The molecule has 0 radical (unpaired) electrons. The summed E-state index contributed by atoms with van der Waals surface area (Å²) in [5.74, 6) is -0.0265. The van der Waals surface area contributed by atoms with Gasteiger partial charge in [0.05, 0.1) is 17.6 Å². The maximum atomic E-state index is 12.3. The normalized spacial score (nSPS) is 10.9. The molecule has 0 fully saturated rings. The highest BCUT2D eigenvalue weighted by Crippen LogP contribution is 2.19. The van der Waals surface area contributed by atoms with Gasteiger partial charge in [0.15, 0.2) is 5.78 Å². The second-order valence-corrected chi connectivity index (χ2v) is 5.46. The summed E-state index contributed by atoms with van der Waals surface area (Å²) < 4.78 is 2.66. The average molecular weight is 330 g/mol. The van der Waals surface area contributed by atoms with E-state index in [1.807, 2.05) is 37.4 Å². The van der Waals surface area contributed by atoms with Crippen molar-refractivity contribution < 1.29 is 4.79 Å². The molecule has 0 spiro atoms. The molecule has 0 aliphatic carbocycles. The third-order valence-electron chi connectivity index (χ3n) is 3.18. The van der Waals surface area contributed by atoms with Crippen LogP contribution in [-0.2, 0) is 13.5 Å². The van der Waals surface area contributed by atoms with Crippen LogP contribution in [0, 0.1) is 0 Å². The molecule has 0 atom stereocenters. The summed E-state index contributed by atoms with van der Waals surface area (Å²) in [5.41, 5.74) is 2.28. The van der Waals surface area contributed by atoms with Crippen molar-refractivity contribution in [3.8, 4) is 0 Å². The van der Waals surface area contributed by atoms with Gasteiger partial charge < -0.3 is 0 Å². The summed E-state index contributed by atoms with van der Waals surface area (Å²) in [6, 6.07) is 11.4. The number of aromatic nitrogens is 3. The number of halogens is 1. The highest BCUT2D eigenvalue weighted by atomic mass is 79.9. The molecule has 2 aromatic heterocycles. The molecule has 0 amide bonds. The van der Waals surface area contributed by atoms with Gasteiger partial charge in [0.2, 0.25) is 0 Å². The lowest BCUT2D eigenvalue weighted by Gasteiger charge is -1.99. The Bertz CT molecular complexity index is 777. The Morgan fingerprint density at radius 1 is 1.25 bits per heavy atom. The summed E-state index contributed by atoms with van der Waals surface area (Å²) in [7, 11) is 1.88. The van der Waals surface area contributed by atoms with Gasteiger partial charge in [0.1, 0.15) is 5.69 Å². The summed E-state index contributed by atoms with van der Waals surface area (Å²) >= 11 is 3.31. The Hall–Kier alpha value is -2.01. The number of rotatable bonds is 3. The Balaban J connectivity index is 1.93. The number of ketones is 1. The van der Waals surface area contributed by atoms with Crippen LogP contribution in [0.15, 0.2) is 47.1 Å². The van der Waals surface area contributed by atoms with E-state index in [2.05, 4.69) is 26.0 Å². The number of pyridine rings is 1. The Kier molecular flexibility index (Phi) is 3.36. The van der Waals surface area contributed by atoms with Crippen molar-refractivity contribution in [3.05, 3.63) is 58.5 Å². The maximum absolute atomic E-state index is 12.3. The van der Waals surface area contributed by atoms with E-state index in [9.17, 15) is 4.79 Å². The zero-order valence-electron chi connectivity index (χ0n) is 10.9. The van der Waals surface area contributed by atoms with E-state index >= 15 is 0 Å². The predicted molar refractivity (Wildman–Crippen MR) is 80.7 cm³/mol. The molecule has 0 N–H and O–H groups in total. The molecule has 0 bridgehead atoms. The first kappa shape index (κ1) is 13.0. The lowest BCUT2D eigenvalue weighted by atomic mass is 10.1. The van der Waals surface area contributed by atoms with E-state index in [1.165, 1.54) is 0 Å². The van der Waals surface area contributed by atoms with Crippen molar-refractivity contribution >= 4 is 32.6 Å². The fourth-order valence-corrected chi connectivity index (χ4v) is 2.44. The Morgan fingerprint density at radius 2 is 2.05 bits per heavy atom. The van der Waals surface area contributed by atoms with Crippen LogP contribution in [0.3, 0.4) is 0 Å². The first-order valence-electron chi connectivity index (χ1n) is 6.20. The van der Waals surface area contributed by atoms with E-state index in [1.54, 1.807) is 16.9 Å². The molecule has 0 unspecified atom stereocenters. The van der Waals surface area contributed by atoms with Crippen LogP contribution in [-0.4, -0.2) is 20.5 Å². The van der Waals surface area contributed by atoms with Gasteiger partial charge in [-0.2, -0.15) is 5.10 Å². The maximum Gasteiger partial charge on any atom is 0.187 e. The van der Waals surface area contributed by atoms with Crippen molar-refractivity contribution in [2.75, 3.05) is 0 Å². The SMILES string of the molecule is Cn1nc(CC(=O)c2ccc(Br)cn2)c2ccccc21. The number of benzene rings is 1. The Morgan fingerprint density at radius 3 is 2.80 bits per heavy atom. The van der Waals surface area contributed by atoms with E-state index in [0.29, 0.717) is 5.69 Å². The van der Waals surface area contributed by atoms with Gasteiger partial charge in [-0.3, -0.25) is 14.5 Å². The molecule has 3 rings (SSSR count). The van der Waals surface area contributed by atoms with Gasteiger partial charge in [-0.1, -0.05) is 18.2 Å². The summed E-state index contributed by atoms with van der Waals surface area (Å²) in [5, 5.41) is 5.45. The lowest BCUT2D eigenvalue weighted by Crippen LogP contribution is -2.06. The molecule has 20 heavy (non-hydrogen) atoms. The number of aryl methyl sites for hydroxylation is 1. The van der Waals surface area contributed by atoms with Crippen LogP contribution in [0.2, 0.25) is 0 Å². The summed E-state index contributed by atoms with van der Waals surface area (Å²) in [6.45, 7) is 0. The predicted octanol–water partition coefficient (Wildman–Crippen LogP) is 3.16. The fraction of sp³-hybridized carbons (Fsp3) is 0.133. The topological polar surface area (TPSA) is 47.8 Å². The standard InChI is InChI=1S/C15H12BrN3O/c1-19-14-5-3-2-4-11(14)13(18-19)8-15(20)12-7-6-10(16)9-17-12/h2-7,9H,8H2,1H3. The molecule has 3 aromatic rings. The molecule has 100 valence electrons. The quantitative estimate of drug-likeness (QED) is 0.693. The van der Waals surface area contributed by atoms with E-state index in [-0.39, 0.29) is 12.2 Å². The van der Waals surface area contributed by atoms with Gasteiger partial charge >= 0.3 is 0 Å². The first-order valence-corrected chi connectivity index (χ1v) is 7.00. The molecule has 0 aliphatic rings. The van der Waals surface area contributed by atoms with E-state index in [4.69, 9.17) is 0 Å². The molecule has 5 heteroatoms. The first-order chi connectivity index (χ1) is 9.65. The smallest absolute Gasteiger partial charge is 0.187 e. The number of Topliss-reactive ketones (excluding diaryl/α,β-unsaturated/α-hetero) is 1. The molecule has 1 aromatic carbocycles. The number of nitrogens with zero attached hydrogens (tertiary/aromatic N) is 3. The van der Waals surface area contributed by atoms with Crippen LogP contribution < -0.4 is 0 Å². The molecule has 4 nitrogen and oxygen atoms in total. The molecule has 2 heterocycles. The number of carbonyl (C=O) groups excluding carboxylic acids is 1. The van der Waals surface area contributed by atoms with Gasteiger partial charge in [0, 0.05) is 23.1 Å². The van der Waals surface area contributed by atoms with Crippen LogP contribution in [0.25, 0.3) is 10.9 Å². The second-order valence-electron chi connectivity index (χ2n) is 4.55. The number of para-hydroxylation sites is 1. The number of hydrogen-bond acceptors (Lipinski definition) is 3. The third-order valence-corrected chi connectivity index (χ3v) is 3.64. The molecular formula is C15H12BrN3O. The molecule has 0 aliphatic heterocycles. The van der Waals surface area contributed by atoms with Gasteiger partial charge in [-0.15, -0.1) is 0 Å². The van der Waals surface area contributed by atoms with Crippen LogP contribution in [0.4, 0.5) is 0 Å². The van der Waals surface area contributed by atoms with E-state index in [0.717, 1.165) is 21.1 Å². The summed E-state index contributed by atoms with van der Waals surface area (Å²) in [6.07, 6.45) is 1.89. The molecule has 0 saturated carbocycles. The van der Waals surface area contributed by atoms with Gasteiger partial charge in [-0.25, -0.2) is 0 Å². The minimum atomic E-state index is -0.0265.